The van der Waals surface area contributed by atoms with Crippen LogP contribution in [0.25, 0.3) is 0 Å². The molecule has 0 heterocycles. The molecule has 3 heteroatoms. The van der Waals surface area contributed by atoms with Crippen LogP contribution in [0.15, 0.2) is 80.8 Å². The van der Waals surface area contributed by atoms with Crippen molar-refractivity contribution in [2.75, 3.05) is 13.7 Å². The minimum atomic E-state index is 0.638. The van der Waals surface area contributed by atoms with Gasteiger partial charge in [0.15, 0.2) is 0 Å². The lowest BCUT2D eigenvalue weighted by Crippen LogP contribution is -1.89. The molecule has 0 fully saturated rings. The van der Waals surface area contributed by atoms with Crippen LogP contribution in [0.2, 0.25) is 0 Å². The first-order valence-electron chi connectivity index (χ1n) is 6.01. The molecule has 1 nitrogen and oxygen atoms in total. The maximum Gasteiger partial charge on any atom is 0.0780 e. The molecule has 19 heavy (non-hydrogen) atoms. The topological polar surface area (TPSA) is 9.23 Å². The van der Waals surface area contributed by atoms with Crippen LogP contribution in [0.3, 0.4) is 0 Å². The molecule has 2 rings (SSSR count). The number of ether oxygens (including phenoxy) is 1. The first-order valence-corrected chi connectivity index (χ1v) is 7.70. The Morgan fingerprint density at radius 2 is 1.53 bits per heavy atom. The van der Waals surface area contributed by atoms with Crippen LogP contribution in [0, 0.1) is 0 Å². The van der Waals surface area contributed by atoms with Crippen molar-refractivity contribution in [1.29, 1.82) is 0 Å². The lowest BCUT2D eigenvalue weighted by atomic mass is 10.4. The van der Waals surface area contributed by atoms with Gasteiger partial charge >= 0.3 is 0 Å². The molecule has 0 spiro atoms. The molecule has 2 aromatic rings. The second-order valence-corrected chi connectivity index (χ2v) is 6.01. The van der Waals surface area contributed by atoms with E-state index in [9.17, 15) is 0 Å². The van der Waals surface area contributed by atoms with E-state index in [2.05, 4.69) is 53.9 Å². The van der Waals surface area contributed by atoms with Gasteiger partial charge in [0.05, 0.1) is 6.61 Å². The molecule has 0 radical (unpaired) electrons. The Bertz CT molecular complexity index is 509. The Hall–Kier alpha value is -1.16. The Morgan fingerprint density at radius 1 is 0.947 bits per heavy atom. The van der Waals surface area contributed by atoms with E-state index in [1.54, 1.807) is 30.6 Å². The summed E-state index contributed by atoms with van der Waals surface area (Å²) in [5.74, 6) is 0. The lowest BCUT2D eigenvalue weighted by Gasteiger charge is -2.06. The van der Waals surface area contributed by atoms with Crippen LogP contribution in [0.5, 0.6) is 0 Å². The Morgan fingerprint density at radius 3 is 2.11 bits per heavy atom. The van der Waals surface area contributed by atoms with Crippen LogP contribution < -0.4 is 0 Å². The SMILES string of the molecule is COC/C(=C/Sc1ccccc1)Sc1ccccc1. The molecule has 0 aliphatic heterocycles. The lowest BCUT2D eigenvalue weighted by molar-refractivity contribution is 0.231. The molecule has 0 aliphatic carbocycles. The second-order valence-electron chi connectivity index (χ2n) is 3.86. The van der Waals surface area contributed by atoms with Crippen molar-refractivity contribution in [2.24, 2.45) is 0 Å². The molecule has 98 valence electrons. The van der Waals surface area contributed by atoms with Crippen molar-refractivity contribution in [2.45, 2.75) is 9.79 Å². The third kappa shape index (κ3) is 5.15. The molecule has 0 saturated heterocycles. The van der Waals surface area contributed by atoms with E-state index in [4.69, 9.17) is 4.74 Å². The summed E-state index contributed by atoms with van der Waals surface area (Å²) >= 11 is 3.47. The zero-order valence-corrected chi connectivity index (χ0v) is 12.4. The molecular weight excluding hydrogens is 272 g/mol. The monoisotopic (exact) mass is 288 g/mol. The summed E-state index contributed by atoms with van der Waals surface area (Å²) in [6.07, 6.45) is 0. The quantitative estimate of drug-likeness (QED) is 0.688. The van der Waals surface area contributed by atoms with Gasteiger partial charge < -0.3 is 4.74 Å². The predicted molar refractivity (Wildman–Crippen MR) is 84.6 cm³/mol. The van der Waals surface area contributed by atoms with Crippen LogP contribution in [-0.2, 0) is 4.74 Å². The zero-order chi connectivity index (χ0) is 13.3. The molecule has 0 bridgehead atoms. The van der Waals surface area contributed by atoms with Gasteiger partial charge in [-0.25, -0.2) is 0 Å². The highest BCUT2D eigenvalue weighted by Gasteiger charge is 2.01. The van der Waals surface area contributed by atoms with Crippen molar-refractivity contribution in [3.05, 3.63) is 71.0 Å². The number of methoxy groups -OCH3 is 1. The highest BCUT2D eigenvalue weighted by atomic mass is 32.2. The highest BCUT2D eigenvalue weighted by molar-refractivity contribution is 8.06. The molecule has 0 atom stereocenters. The molecule has 0 unspecified atom stereocenters. The summed E-state index contributed by atoms with van der Waals surface area (Å²) in [6, 6.07) is 20.7. The van der Waals surface area contributed by atoms with Crippen molar-refractivity contribution < 1.29 is 4.74 Å². The molecule has 0 aromatic heterocycles. The molecule has 0 aliphatic rings. The standard InChI is InChI=1S/C16H16OS2/c1-17-12-16(19-15-10-6-3-7-11-15)13-18-14-8-4-2-5-9-14/h2-11,13H,12H2,1H3/b16-13-. The van der Waals surface area contributed by atoms with Crippen molar-refractivity contribution >= 4 is 23.5 Å². The molecule has 0 saturated carbocycles. The van der Waals surface area contributed by atoms with Gasteiger partial charge in [0.1, 0.15) is 0 Å². The van der Waals surface area contributed by atoms with E-state index in [0.717, 1.165) is 0 Å². The van der Waals surface area contributed by atoms with E-state index >= 15 is 0 Å². The predicted octanol–water partition coefficient (Wildman–Crippen LogP) is 5.06. The Labute approximate surface area is 123 Å². The summed E-state index contributed by atoms with van der Waals surface area (Å²) in [5, 5.41) is 2.16. The summed E-state index contributed by atoms with van der Waals surface area (Å²) in [7, 11) is 1.73. The fraction of sp³-hybridized carbons (Fsp3) is 0.125. The van der Waals surface area contributed by atoms with Crippen molar-refractivity contribution in [3.63, 3.8) is 0 Å². The number of hydrogen-bond donors (Lipinski definition) is 0. The van der Waals surface area contributed by atoms with Gasteiger partial charge in [-0.05, 0) is 29.7 Å². The molecule has 2 aromatic carbocycles. The average Bonchev–Trinajstić information content (AvgIpc) is 2.47. The third-order valence-electron chi connectivity index (χ3n) is 2.35. The molecule has 0 amide bonds. The average molecular weight is 288 g/mol. The number of rotatable bonds is 6. The summed E-state index contributed by atoms with van der Waals surface area (Å²) in [6.45, 7) is 0.638. The minimum absolute atomic E-state index is 0.638. The van der Waals surface area contributed by atoms with E-state index in [1.807, 2.05) is 12.1 Å². The number of thioether (sulfide) groups is 2. The molecule has 0 N–H and O–H groups in total. The van der Waals surface area contributed by atoms with E-state index in [1.165, 1.54) is 14.7 Å². The van der Waals surface area contributed by atoms with Gasteiger partial charge in [0.2, 0.25) is 0 Å². The van der Waals surface area contributed by atoms with E-state index in [0.29, 0.717) is 6.61 Å². The Balaban J connectivity index is 2.03. The van der Waals surface area contributed by atoms with Crippen LogP contribution in [-0.4, -0.2) is 13.7 Å². The second kappa shape index (κ2) is 8.10. The van der Waals surface area contributed by atoms with Gasteiger partial charge in [-0.2, -0.15) is 0 Å². The summed E-state index contributed by atoms with van der Waals surface area (Å²) in [4.78, 5) is 3.69. The maximum atomic E-state index is 5.26. The minimum Gasteiger partial charge on any atom is -0.379 e. The van der Waals surface area contributed by atoms with Crippen molar-refractivity contribution in [1.82, 2.24) is 0 Å². The number of hydrogen-bond acceptors (Lipinski definition) is 3. The Kier molecular flexibility index (Phi) is 6.08. The van der Waals surface area contributed by atoms with Gasteiger partial charge in [-0.15, -0.1) is 0 Å². The largest absolute Gasteiger partial charge is 0.379 e. The van der Waals surface area contributed by atoms with Crippen LogP contribution in [0.4, 0.5) is 0 Å². The first kappa shape index (κ1) is 14.3. The maximum absolute atomic E-state index is 5.26. The van der Waals surface area contributed by atoms with Gasteiger partial charge in [0.25, 0.3) is 0 Å². The summed E-state index contributed by atoms with van der Waals surface area (Å²) in [5.41, 5.74) is 0. The van der Waals surface area contributed by atoms with Crippen LogP contribution >= 0.6 is 23.5 Å². The smallest absolute Gasteiger partial charge is 0.0780 e. The van der Waals surface area contributed by atoms with Crippen molar-refractivity contribution in [3.8, 4) is 0 Å². The zero-order valence-electron chi connectivity index (χ0n) is 10.8. The van der Waals surface area contributed by atoms with E-state index < -0.39 is 0 Å². The highest BCUT2D eigenvalue weighted by Crippen LogP contribution is 2.30. The van der Waals surface area contributed by atoms with Crippen LogP contribution in [0.1, 0.15) is 0 Å². The van der Waals surface area contributed by atoms with Gasteiger partial charge in [0, 0.05) is 21.8 Å². The fourth-order valence-corrected chi connectivity index (χ4v) is 3.26. The fourth-order valence-electron chi connectivity index (χ4n) is 1.50. The third-order valence-corrected chi connectivity index (χ3v) is 4.45. The number of benzene rings is 2. The molecular formula is C16H16OS2. The first-order chi connectivity index (χ1) is 9.38. The normalized spacial score (nSPS) is 11.5. The van der Waals surface area contributed by atoms with Gasteiger partial charge in [-0.1, -0.05) is 59.9 Å². The van der Waals surface area contributed by atoms with Gasteiger partial charge in [-0.3, -0.25) is 0 Å². The van der Waals surface area contributed by atoms with E-state index in [-0.39, 0.29) is 0 Å². The summed E-state index contributed by atoms with van der Waals surface area (Å²) < 4.78 is 5.26.